The number of benzene rings is 1. The number of hydrogen-bond donors (Lipinski definition) is 1. The molecule has 2 atom stereocenters. The minimum atomic E-state index is -1.33. The van der Waals surface area contributed by atoms with Gasteiger partial charge in [-0.15, -0.1) is 0 Å². The summed E-state index contributed by atoms with van der Waals surface area (Å²) in [5, 5.41) is 9.79. The van der Waals surface area contributed by atoms with E-state index >= 15 is 0 Å². The monoisotopic (exact) mass is 238 g/mol. The van der Waals surface area contributed by atoms with Crippen molar-refractivity contribution < 1.29 is 9.32 Å². The first kappa shape index (κ1) is 13.1. The van der Waals surface area contributed by atoms with Crippen LogP contribution in [0.1, 0.15) is 19.4 Å². The van der Waals surface area contributed by atoms with Crippen LogP contribution in [-0.2, 0) is 10.8 Å². The van der Waals surface area contributed by atoms with E-state index < -0.39 is 16.9 Å². The van der Waals surface area contributed by atoms with E-state index in [2.05, 4.69) is 6.58 Å². The predicted molar refractivity (Wildman–Crippen MR) is 67.6 cm³/mol. The molecule has 0 aromatic heterocycles. The van der Waals surface area contributed by atoms with Crippen LogP contribution in [0.2, 0.25) is 0 Å². The molecule has 0 bridgehead atoms. The molecule has 0 amide bonds. The van der Waals surface area contributed by atoms with Crippen molar-refractivity contribution in [3.8, 4) is 0 Å². The van der Waals surface area contributed by atoms with Gasteiger partial charge in [-0.1, -0.05) is 38.1 Å². The van der Waals surface area contributed by atoms with Gasteiger partial charge in [0.2, 0.25) is 0 Å². The summed E-state index contributed by atoms with van der Waals surface area (Å²) in [6, 6.07) is 7.43. The van der Waals surface area contributed by atoms with Gasteiger partial charge < -0.3 is 5.11 Å². The van der Waals surface area contributed by atoms with Gasteiger partial charge in [-0.05, 0) is 25.0 Å². The van der Waals surface area contributed by atoms with Gasteiger partial charge in [0.1, 0.15) is 0 Å². The molecule has 0 aliphatic rings. The number of hydrogen-bond acceptors (Lipinski definition) is 2. The molecule has 0 radical (unpaired) electrons. The molecule has 0 fully saturated rings. The number of aryl methyl sites for hydroxylation is 1. The second-order valence-electron chi connectivity index (χ2n) is 4.24. The third-order valence-corrected chi connectivity index (χ3v) is 3.85. The molecule has 2 nitrogen and oxygen atoms in total. The van der Waals surface area contributed by atoms with Gasteiger partial charge in [0.05, 0.1) is 16.9 Å². The lowest BCUT2D eigenvalue weighted by Gasteiger charge is -2.16. The summed E-state index contributed by atoms with van der Waals surface area (Å²) >= 11 is 0. The maximum atomic E-state index is 12.1. The van der Waals surface area contributed by atoms with Gasteiger partial charge in [0, 0.05) is 9.80 Å². The van der Waals surface area contributed by atoms with Gasteiger partial charge in [-0.2, -0.15) is 0 Å². The Kier molecular flexibility index (Phi) is 4.44. The van der Waals surface area contributed by atoms with E-state index in [1.54, 1.807) is 0 Å². The summed E-state index contributed by atoms with van der Waals surface area (Å²) in [6.07, 6.45) is -0.720. The van der Waals surface area contributed by atoms with Crippen LogP contribution in [-0.4, -0.2) is 15.4 Å². The first-order valence-electron chi connectivity index (χ1n) is 5.28. The second-order valence-corrected chi connectivity index (χ2v) is 5.77. The van der Waals surface area contributed by atoms with E-state index in [1.807, 2.05) is 45.0 Å². The fourth-order valence-electron chi connectivity index (χ4n) is 1.29. The summed E-state index contributed by atoms with van der Waals surface area (Å²) in [5.74, 6) is 0.0295. The Bertz CT molecular complexity index is 393. The summed E-state index contributed by atoms with van der Waals surface area (Å²) in [7, 11) is -1.33. The zero-order valence-corrected chi connectivity index (χ0v) is 10.8. The normalized spacial score (nSPS) is 14.8. The van der Waals surface area contributed by atoms with Crippen molar-refractivity contribution >= 4 is 10.8 Å². The summed E-state index contributed by atoms with van der Waals surface area (Å²) in [5.41, 5.74) is 1.12. The Morgan fingerprint density at radius 2 is 1.81 bits per heavy atom. The second kappa shape index (κ2) is 5.41. The van der Waals surface area contributed by atoms with E-state index in [0.29, 0.717) is 9.80 Å². The van der Waals surface area contributed by atoms with Crippen molar-refractivity contribution in [2.45, 2.75) is 31.8 Å². The lowest BCUT2D eigenvalue weighted by Crippen LogP contribution is -2.19. The average Bonchev–Trinajstić information content (AvgIpc) is 2.27. The molecular formula is C13H18O2S. The zero-order valence-electron chi connectivity index (χ0n) is 9.93. The zero-order chi connectivity index (χ0) is 12.3. The van der Waals surface area contributed by atoms with Crippen molar-refractivity contribution in [2.75, 3.05) is 0 Å². The highest BCUT2D eigenvalue weighted by Crippen LogP contribution is 2.20. The Labute approximate surface area is 99.5 Å². The minimum absolute atomic E-state index is 0.0295. The maximum Gasteiger partial charge on any atom is 0.0893 e. The number of rotatable bonds is 4. The molecule has 0 spiro atoms. The Morgan fingerprint density at radius 3 is 2.25 bits per heavy atom. The highest BCUT2D eigenvalue weighted by molar-refractivity contribution is 7.89. The lowest BCUT2D eigenvalue weighted by atomic mass is 10.1. The summed E-state index contributed by atoms with van der Waals surface area (Å²) in [6.45, 7) is 9.46. The van der Waals surface area contributed by atoms with E-state index in [0.717, 1.165) is 5.56 Å². The van der Waals surface area contributed by atoms with Crippen molar-refractivity contribution in [2.24, 2.45) is 5.92 Å². The number of aliphatic hydroxyl groups excluding tert-OH is 1. The molecule has 0 heterocycles. The van der Waals surface area contributed by atoms with E-state index in [-0.39, 0.29) is 5.92 Å². The standard InChI is InChI=1S/C13H18O2S/c1-9(2)13(14)11(4)16(15)12-7-5-10(3)6-8-12/h5-9,13-14H,4H2,1-3H3. The van der Waals surface area contributed by atoms with Crippen molar-refractivity contribution in [3.63, 3.8) is 0 Å². The molecule has 1 N–H and O–H groups in total. The van der Waals surface area contributed by atoms with Crippen LogP contribution in [0.3, 0.4) is 0 Å². The van der Waals surface area contributed by atoms with Gasteiger partial charge in [-0.25, -0.2) is 4.21 Å². The van der Waals surface area contributed by atoms with E-state index in [9.17, 15) is 9.32 Å². The van der Waals surface area contributed by atoms with Gasteiger partial charge in [0.15, 0.2) is 0 Å². The Hall–Kier alpha value is -0.930. The van der Waals surface area contributed by atoms with Gasteiger partial charge >= 0.3 is 0 Å². The third-order valence-electron chi connectivity index (χ3n) is 2.43. The highest BCUT2D eigenvalue weighted by Gasteiger charge is 2.19. The minimum Gasteiger partial charge on any atom is -0.388 e. The largest absolute Gasteiger partial charge is 0.388 e. The van der Waals surface area contributed by atoms with Crippen LogP contribution < -0.4 is 0 Å². The predicted octanol–water partition coefficient (Wildman–Crippen LogP) is 2.63. The number of aliphatic hydroxyl groups is 1. The fraction of sp³-hybridized carbons (Fsp3) is 0.385. The molecule has 0 aliphatic carbocycles. The molecule has 1 aromatic rings. The molecule has 0 saturated heterocycles. The van der Waals surface area contributed by atoms with Crippen LogP contribution >= 0.6 is 0 Å². The topological polar surface area (TPSA) is 37.3 Å². The lowest BCUT2D eigenvalue weighted by molar-refractivity contribution is 0.168. The van der Waals surface area contributed by atoms with Crippen molar-refractivity contribution in [3.05, 3.63) is 41.3 Å². The third kappa shape index (κ3) is 3.03. The van der Waals surface area contributed by atoms with E-state index in [1.165, 1.54) is 0 Å². The highest BCUT2D eigenvalue weighted by atomic mass is 32.2. The van der Waals surface area contributed by atoms with Crippen LogP contribution in [0.15, 0.2) is 40.6 Å². The van der Waals surface area contributed by atoms with Crippen LogP contribution in [0.5, 0.6) is 0 Å². The van der Waals surface area contributed by atoms with Crippen molar-refractivity contribution in [1.82, 2.24) is 0 Å². The van der Waals surface area contributed by atoms with Crippen LogP contribution in [0.25, 0.3) is 0 Å². The van der Waals surface area contributed by atoms with Gasteiger partial charge in [0.25, 0.3) is 0 Å². The maximum absolute atomic E-state index is 12.1. The Morgan fingerprint density at radius 1 is 1.31 bits per heavy atom. The average molecular weight is 238 g/mol. The van der Waals surface area contributed by atoms with Crippen LogP contribution in [0.4, 0.5) is 0 Å². The molecule has 1 rings (SSSR count). The smallest absolute Gasteiger partial charge is 0.0893 e. The SMILES string of the molecule is C=C(C(O)C(C)C)S(=O)c1ccc(C)cc1. The first-order valence-corrected chi connectivity index (χ1v) is 6.43. The van der Waals surface area contributed by atoms with Crippen molar-refractivity contribution in [1.29, 1.82) is 0 Å². The molecule has 1 aromatic carbocycles. The molecule has 0 aliphatic heterocycles. The Balaban J connectivity index is 2.86. The first-order chi connectivity index (χ1) is 7.43. The molecule has 0 saturated carbocycles. The molecule has 2 unspecified atom stereocenters. The van der Waals surface area contributed by atoms with E-state index in [4.69, 9.17) is 0 Å². The fourth-order valence-corrected chi connectivity index (χ4v) is 2.47. The molecule has 88 valence electrons. The summed E-state index contributed by atoms with van der Waals surface area (Å²) in [4.78, 5) is 1.06. The molecular weight excluding hydrogens is 220 g/mol. The molecule has 3 heteroatoms. The molecule has 16 heavy (non-hydrogen) atoms. The quantitative estimate of drug-likeness (QED) is 0.875. The summed E-state index contributed by atoms with van der Waals surface area (Å²) < 4.78 is 12.1. The van der Waals surface area contributed by atoms with Crippen LogP contribution in [0, 0.1) is 12.8 Å². The van der Waals surface area contributed by atoms with Gasteiger partial charge in [-0.3, -0.25) is 0 Å².